The summed E-state index contributed by atoms with van der Waals surface area (Å²) in [6, 6.07) is 0. The second-order valence-corrected chi connectivity index (χ2v) is 1.89. The van der Waals surface area contributed by atoms with Crippen LogP contribution in [0.4, 0.5) is 0 Å². The Bertz CT molecular complexity index is 303. The highest BCUT2D eigenvalue weighted by Gasteiger charge is 1.95. The Morgan fingerprint density at radius 3 is 2.90 bits per heavy atom. The zero-order chi connectivity index (χ0) is 7.56. The summed E-state index contributed by atoms with van der Waals surface area (Å²) in [5.74, 6) is 0. The van der Waals surface area contributed by atoms with Crippen molar-refractivity contribution in [1.82, 2.24) is 9.97 Å². The molecular weight excluding hydrogens is 132 g/mol. The number of nitrogens with zero attached hydrogens (tertiary/aromatic N) is 1. The molecular formula is C6H6N2O2. The largest absolute Gasteiger partial charge is 0.345 e. The van der Waals surface area contributed by atoms with Crippen LogP contribution in [0.25, 0.3) is 0 Å². The molecule has 1 rings (SSSR count). The van der Waals surface area contributed by atoms with Crippen LogP contribution in [0.2, 0.25) is 0 Å². The Morgan fingerprint density at radius 2 is 2.40 bits per heavy atom. The van der Waals surface area contributed by atoms with Gasteiger partial charge in [0.2, 0.25) is 0 Å². The first-order valence-corrected chi connectivity index (χ1v) is 2.75. The van der Waals surface area contributed by atoms with Gasteiger partial charge in [0, 0.05) is 11.9 Å². The molecule has 0 aliphatic heterocycles. The molecule has 1 aromatic heterocycles. The van der Waals surface area contributed by atoms with Crippen LogP contribution in [0.5, 0.6) is 0 Å². The first-order valence-electron chi connectivity index (χ1n) is 2.75. The number of hydrogen-bond acceptors (Lipinski definition) is 3. The Morgan fingerprint density at radius 1 is 1.70 bits per heavy atom. The van der Waals surface area contributed by atoms with Crippen LogP contribution in [-0.2, 0) is 0 Å². The first-order chi connectivity index (χ1) is 4.74. The highest BCUT2D eigenvalue weighted by Crippen LogP contribution is 1.93. The number of aryl methyl sites for hydroxylation is 1. The number of carbonyl (C=O) groups is 1. The molecule has 1 aromatic rings. The lowest BCUT2D eigenvalue weighted by Gasteiger charge is -1.92. The summed E-state index contributed by atoms with van der Waals surface area (Å²) in [6.45, 7) is 1.65. The minimum atomic E-state index is -0.428. The van der Waals surface area contributed by atoms with Gasteiger partial charge >= 0.3 is 5.69 Å². The highest BCUT2D eigenvalue weighted by molar-refractivity contribution is 5.75. The van der Waals surface area contributed by atoms with Crippen LogP contribution in [0, 0.1) is 6.92 Å². The van der Waals surface area contributed by atoms with Crippen LogP contribution in [0.15, 0.2) is 11.0 Å². The van der Waals surface area contributed by atoms with Gasteiger partial charge in [-0.15, -0.1) is 0 Å². The van der Waals surface area contributed by atoms with E-state index in [9.17, 15) is 9.59 Å². The minimum absolute atomic E-state index is 0.416. The van der Waals surface area contributed by atoms with Crippen LogP contribution < -0.4 is 5.69 Å². The topological polar surface area (TPSA) is 62.8 Å². The smallest absolute Gasteiger partial charge is 0.309 e. The molecule has 0 aliphatic carbocycles. The van der Waals surface area contributed by atoms with Gasteiger partial charge in [0.05, 0.1) is 5.56 Å². The summed E-state index contributed by atoms with van der Waals surface area (Å²) in [5.41, 5.74) is 0.540. The van der Waals surface area contributed by atoms with Gasteiger partial charge in [-0.2, -0.15) is 0 Å². The Balaban J connectivity index is 3.32. The van der Waals surface area contributed by atoms with Crippen molar-refractivity contribution in [2.75, 3.05) is 0 Å². The molecule has 0 aliphatic rings. The van der Waals surface area contributed by atoms with Gasteiger partial charge in [0.1, 0.15) is 0 Å². The minimum Gasteiger partial charge on any atom is -0.309 e. The van der Waals surface area contributed by atoms with E-state index in [0.717, 1.165) is 0 Å². The summed E-state index contributed by atoms with van der Waals surface area (Å²) < 4.78 is 0. The van der Waals surface area contributed by atoms with Crippen LogP contribution >= 0.6 is 0 Å². The zero-order valence-electron chi connectivity index (χ0n) is 5.42. The number of aromatic nitrogens is 2. The van der Waals surface area contributed by atoms with E-state index in [1.54, 1.807) is 6.92 Å². The van der Waals surface area contributed by atoms with Crippen molar-refractivity contribution in [2.45, 2.75) is 6.92 Å². The van der Waals surface area contributed by atoms with Crippen molar-refractivity contribution in [3.05, 3.63) is 27.9 Å². The van der Waals surface area contributed by atoms with E-state index in [0.29, 0.717) is 17.5 Å². The molecule has 0 aromatic carbocycles. The third-order valence-electron chi connectivity index (χ3n) is 1.18. The number of aromatic amines is 1. The molecule has 0 spiro atoms. The van der Waals surface area contributed by atoms with Crippen LogP contribution in [0.3, 0.4) is 0 Å². The molecule has 1 heterocycles. The third-order valence-corrected chi connectivity index (χ3v) is 1.18. The van der Waals surface area contributed by atoms with Gasteiger partial charge in [0.25, 0.3) is 0 Å². The standard InChI is InChI=1S/C6H6N2O2/c1-4-5(3-9)2-7-6(10)8-4/h2-3H,1H3,(H,7,8,10). The maximum absolute atomic E-state index is 10.5. The van der Waals surface area contributed by atoms with E-state index >= 15 is 0 Å². The number of carbonyl (C=O) groups excluding carboxylic acids is 1. The van der Waals surface area contributed by atoms with E-state index in [2.05, 4.69) is 9.97 Å². The maximum atomic E-state index is 10.5. The van der Waals surface area contributed by atoms with E-state index in [1.807, 2.05) is 0 Å². The highest BCUT2D eigenvalue weighted by atomic mass is 16.1. The average Bonchev–Trinajstić information content (AvgIpc) is 1.88. The van der Waals surface area contributed by atoms with E-state index in [4.69, 9.17) is 0 Å². The molecule has 0 saturated carbocycles. The fraction of sp³-hybridized carbons (Fsp3) is 0.167. The summed E-state index contributed by atoms with van der Waals surface area (Å²) >= 11 is 0. The Labute approximate surface area is 56.9 Å². The van der Waals surface area contributed by atoms with Crippen molar-refractivity contribution >= 4 is 6.29 Å². The van der Waals surface area contributed by atoms with Crippen molar-refractivity contribution in [3.8, 4) is 0 Å². The van der Waals surface area contributed by atoms with E-state index in [-0.39, 0.29) is 0 Å². The second kappa shape index (κ2) is 2.43. The van der Waals surface area contributed by atoms with Crippen LogP contribution in [0.1, 0.15) is 16.1 Å². The van der Waals surface area contributed by atoms with E-state index in [1.165, 1.54) is 6.20 Å². The van der Waals surface area contributed by atoms with Crippen molar-refractivity contribution < 1.29 is 4.79 Å². The van der Waals surface area contributed by atoms with Crippen molar-refractivity contribution in [1.29, 1.82) is 0 Å². The third kappa shape index (κ3) is 1.10. The van der Waals surface area contributed by atoms with Gasteiger partial charge < -0.3 is 4.98 Å². The van der Waals surface area contributed by atoms with Gasteiger partial charge in [-0.3, -0.25) is 4.79 Å². The fourth-order valence-electron chi connectivity index (χ4n) is 0.609. The zero-order valence-corrected chi connectivity index (χ0v) is 5.42. The van der Waals surface area contributed by atoms with Gasteiger partial charge in [0.15, 0.2) is 6.29 Å². The predicted octanol–water partition coefficient (Wildman–Crippen LogP) is -0.109. The lowest BCUT2D eigenvalue weighted by molar-refractivity contribution is 0.112. The molecule has 1 N–H and O–H groups in total. The lowest BCUT2D eigenvalue weighted by Crippen LogP contribution is -2.12. The average molecular weight is 138 g/mol. The molecule has 0 bridgehead atoms. The number of aldehydes is 1. The molecule has 0 amide bonds. The number of H-pyrrole nitrogens is 1. The SMILES string of the molecule is Cc1[nH]c(=O)ncc1C=O. The summed E-state index contributed by atoms with van der Waals surface area (Å²) in [5, 5.41) is 0. The molecule has 0 radical (unpaired) electrons. The first kappa shape index (κ1) is 6.67. The van der Waals surface area contributed by atoms with Crippen molar-refractivity contribution in [2.24, 2.45) is 0 Å². The lowest BCUT2D eigenvalue weighted by atomic mass is 10.3. The normalized spacial score (nSPS) is 9.30. The molecule has 4 nitrogen and oxygen atoms in total. The fourth-order valence-corrected chi connectivity index (χ4v) is 0.609. The molecule has 0 unspecified atom stereocenters. The second-order valence-electron chi connectivity index (χ2n) is 1.89. The molecule has 4 heteroatoms. The molecule has 0 atom stereocenters. The Hall–Kier alpha value is -1.45. The number of hydrogen-bond donors (Lipinski definition) is 1. The summed E-state index contributed by atoms with van der Waals surface area (Å²) in [7, 11) is 0. The van der Waals surface area contributed by atoms with Gasteiger partial charge in [-0.1, -0.05) is 0 Å². The number of nitrogens with one attached hydrogen (secondary N) is 1. The van der Waals surface area contributed by atoms with E-state index < -0.39 is 5.69 Å². The molecule has 52 valence electrons. The van der Waals surface area contributed by atoms with Gasteiger partial charge in [-0.05, 0) is 6.92 Å². The molecule has 0 saturated heterocycles. The monoisotopic (exact) mass is 138 g/mol. The maximum Gasteiger partial charge on any atom is 0.345 e. The van der Waals surface area contributed by atoms with Crippen molar-refractivity contribution in [3.63, 3.8) is 0 Å². The molecule has 10 heavy (non-hydrogen) atoms. The quantitative estimate of drug-likeness (QED) is 0.551. The number of rotatable bonds is 1. The summed E-state index contributed by atoms with van der Waals surface area (Å²) in [4.78, 5) is 26.4. The van der Waals surface area contributed by atoms with Gasteiger partial charge in [-0.25, -0.2) is 9.78 Å². The van der Waals surface area contributed by atoms with Crippen LogP contribution in [-0.4, -0.2) is 16.3 Å². The predicted molar refractivity (Wildman–Crippen MR) is 35.0 cm³/mol. The molecule has 0 fully saturated rings. The Kier molecular flexibility index (Phi) is 1.62. The summed E-state index contributed by atoms with van der Waals surface area (Å²) in [6.07, 6.45) is 1.90.